The molecule has 0 fully saturated rings. The van der Waals surface area contributed by atoms with Gasteiger partial charge in [-0.2, -0.15) is 0 Å². The van der Waals surface area contributed by atoms with Crippen molar-refractivity contribution in [1.29, 1.82) is 0 Å². The van der Waals surface area contributed by atoms with Crippen molar-refractivity contribution in [3.05, 3.63) is 191 Å². The van der Waals surface area contributed by atoms with Gasteiger partial charge in [0.1, 0.15) is 0 Å². The summed E-state index contributed by atoms with van der Waals surface area (Å²) in [4.78, 5) is 117. The normalized spacial score (nSPS) is 12.0. The van der Waals surface area contributed by atoms with E-state index in [4.69, 9.17) is 54.2 Å². The number of hydrogen-bond acceptors (Lipinski definition) is 15. The topological polar surface area (TPSA) is 280 Å². The molecule has 96 heavy (non-hydrogen) atoms. The van der Waals surface area contributed by atoms with E-state index >= 15 is 0 Å². The number of aliphatic hydroxyl groups is 1. The molecule has 0 saturated heterocycles. The van der Waals surface area contributed by atoms with E-state index in [0.29, 0.717) is 129 Å². The maximum atomic E-state index is 13.5. The fourth-order valence-corrected chi connectivity index (χ4v) is 11.6. The Morgan fingerprint density at radius 3 is 1.46 bits per heavy atom. The average molecular weight is 1430 g/mol. The molecule has 1 aliphatic heterocycles. The van der Waals surface area contributed by atoms with E-state index in [1.54, 1.807) is 56.2 Å². The number of allylic oxidation sites excluding steroid dienone is 1. The van der Waals surface area contributed by atoms with Crippen molar-refractivity contribution in [2.75, 3.05) is 13.2 Å². The predicted molar refractivity (Wildman–Crippen MR) is 373 cm³/mol. The molecule has 26 heteroatoms. The van der Waals surface area contributed by atoms with Crippen molar-refractivity contribution in [2.24, 2.45) is 38.9 Å². The van der Waals surface area contributed by atoms with E-state index < -0.39 is 11.8 Å². The minimum atomic E-state index is -0.892. The number of carbonyl (C=O) groups excluding carboxylic acids is 2. The van der Waals surface area contributed by atoms with Crippen LogP contribution in [-0.2, 0) is 97.1 Å². The molecule has 0 spiro atoms. The molecule has 9 rings (SSSR count). The number of hydrogen-bond donors (Lipinski definition) is 3. The van der Waals surface area contributed by atoms with E-state index in [-0.39, 0.29) is 86.2 Å². The molecule has 8 aromatic rings. The van der Waals surface area contributed by atoms with Gasteiger partial charge < -0.3 is 25.0 Å². The Hall–Kier alpha value is -8.08. The van der Waals surface area contributed by atoms with E-state index in [1.807, 2.05) is 69.3 Å². The van der Waals surface area contributed by atoms with Gasteiger partial charge in [-0.25, -0.2) is 14.4 Å². The monoisotopic (exact) mass is 1430 g/mol. The Morgan fingerprint density at radius 2 is 0.990 bits per heavy atom. The summed E-state index contributed by atoms with van der Waals surface area (Å²) in [6.45, 7) is 16.4. The number of aromatic nitrogens is 8. The van der Waals surface area contributed by atoms with Crippen molar-refractivity contribution in [1.82, 2.24) is 42.7 Å². The number of unbranched alkanes of at least 4 members (excludes halogenated alkanes) is 1. The molecule has 6 heterocycles. The molecule has 0 saturated carbocycles. The van der Waals surface area contributed by atoms with Gasteiger partial charge in [-0.3, -0.25) is 66.1 Å². The van der Waals surface area contributed by atoms with Crippen LogP contribution in [0.2, 0.25) is 15.1 Å². The third-order valence-corrected chi connectivity index (χ3v) is 16.9. The van der Waals surface area contributed by atoms with Gasteiger partial charge in [0.2, 0.25) is 0 Å². The molecule has 3 aromatic carbocycles. The summed E-state index contributed by atoms with van der Waals surface area (Å²) in [6, 6.07) is 22.0. The molecule has 1 unspecified atom stereocenters. The van der Waals surface area contributed by atoms with Crippen LogP contribution < -0.4 is 39.1 Å². The fraction of sp³-hybridized carbons (Fsp3) is 0.414. The standard InChI is InChI=1S/C23H28ClN3O4.C23H26ClN3O4.C23H28ClN3O3.CH2O2.Zn/c2*1-15(2)5-10-18-20-19(13-25-21(18)16-6-8-17(24)9-7-16)26(3)23(30)27(22(20)29)11-4-12-31-14-28;1-5-6-11-27-22(29)19-17(26(4)23(27)30)13-25-21(15-7-9-16(24)10-8-15)20(19)18(28)12-14(2)3;2-1-3;/h6-9,14-15,25H,4-5,10-13H2,1-3H3;6-9,13-15H,4-5,10-12H2,1-3H3;7-10,13-14,18,28H,5-6,11-12H2,1-4H3;1H,(H,2,3);. The van der Waals surface area contributed by atoms with Gasteiger partial charge >= 0.3 is 17.1 Å². The number of rotatable bonds is 25. The van der Waals surface area contributed by atoms with Crippen molar-refractivity contribution in [3.63, 3.8) is 0 Å². The van der Waals surface area contributed by atoms with Gasteiger partial charge in [-0.1, -0.05) is 126 Å². The Bertz CT molecular complexity index is 4410. The minimum absolute atomic E-state index is 0. The first-order chi connectivity index (χ1) is 45.4. The van der Waals surface area contributed by atoms with Crippen molar-refractivity contribution < 1.29 is 53.5 Å². The van der Waals surface area contributed by atoms with Crippen molar-refractivity contribution >= 4 is 87.3 Å². The Morgan fingerprint density at radius 1 is 0.573 bits per heavy atom. The number of carboxylic acid groups (broad SMARTS) is 1. The van der Waals surface area contributed by atoms with Gasteiger partial charge in [0, 0.05) is 97.7 Å². The van der Waals surface area contributed by atoms with E-state index in [0.717, 1.165) is 64.9 Å². The van der Waals surface area contributed by atoms with E-state index in [1.165, 1.54) is 29.0 Å². The van der Waals surface area contributed by atoms with Crippen LogP contribution in [0.3, 0.4) is 0 Å². The molecule has 0 aliphatic carbocycles. The molecule has 1 aliphatic rings. The van der Waals surface area contributed by atoms with Crippen LogP contribution >= 0.6 is 34.8 Å². The number of nitrogens with zero attached hydrogens (tertiary/aromatic N) is 8. The van der Waals surface area contributed by atoms with Crippen LogP contribution in [0.5, 0.6) is 0 Å². The Balaban J connectivity index is 0.000000254. The van der Waals surface area contributed by atoms with Crippen molar-refractivity contribution in [3.8, 4) is 22.5 Å². The maximum absolute atomic E-state index is 13.5. The first kappa shape index (κ1) is 78.6. The molecule has 0 bridgehead atoms. The number of pyridine rings is 2. The predicted octanol–water partition coefficient (Wildman–Crippen LogP) is 10.7. The zero-order valence-corrected chi connectivity index (χ0v) is 61.3. The summed E-state index contributed by atoms with van der Waals surface area (Å²) in [5, 5.41) is 24.2. The number of aryl methyl sites for hydroxylation is 3. The molecular weight excluding hydrogens is 1350 g/mol. The van der Waals surface area contributed by atoms with Crippen LogP contribution in [-0.4, -0.2) is 80.2 Å². The maximum Gasteiger partial charge on any atom is 0.331 e. The molecule has 0 amide bonds. The SMILES string of the molecule is CC(C)CCC1=C(c2ccc(Cl)cc2)NCc2c1c(=O)n(CCCOC=O)c(=O)n2C.CC(C)CCc1c(-c2ccc(Cl)cc2)ncc2c1c(=O)n(CCCOC=O)c(=O)n2C.CCCCn1c(=O)c2c(C(O)CC(C)C)c(-c3ccc(Cl)cc3)ncc2n(C)c1=O.O=CO.[Zn]. The van der Waals surface area contributed by atoms with Crippen LogP contribution in [0.1, 0.15) is 134 Å². The third-order valence-electron chi connectivity index (χ3n) is 16.1. The van der Waals surface area contributed by atoms with Crippen LogP contribution in [0.25, 0.3) is 55.6 Å². The average Bonchev–Trinajstić information content (AvgIpc) is 0.765. The molecule has 3 N–H and O–H groups in total. The van der Waals surface area contributed by atoms with E-state index in [2.05, 4.69) is 43.0 Å². The fourth-order valence-electron chi connectivity index (χ4n) is 11.2. The van der Waals surface area contributed by atoms with Gasteiger partial charge in [0.05, 0.1) is 82.7 Å². The second-order valence-electron chi connectivity index (χ2n) is 24.2. The van der Waals surface area contributed by atoms with Gasteiger partial charge in [-0.05, 0) is 122 Å². The quantitative estimate of drug-likeness (QED) is 0.0272. The molecular formula is C70H84Cl3N9O13Zn. The van der Waals surface area contributed by atoms with Crippen LogP contribution in [0, 0.1) is 17.8 Å². The second kappa shape index (κ2) is 37.4. The van der Waals surface area contributed by atoms with Gasteiger partial charge in [0.15, 0.2) is 0 Å². The molecule has 22 nitrogen and oxygen atoms in total. The number of benzene rings is 3. The zero-order valence-electron chi connectivity index (χ0n) is 56.0. The number of fused-ring (bicyclic) bond motifs is 3. The summed E-state index contributed by atoms with van der Waals surface area (Å²) in [6.07, 6.45) is 8.19. The summed E-state index contributed by atoms with van der Waals surface area (Å²) >= 11 is 18.2. The van der Waals surface area contributed by atoms with Crippen molar-refractivity contribution in [2.45, 2.75) is 139 Å². The number of nitrogens with one attached hydrogen (secondary N) is 1. The zero-order chi connectivity index (χ0) is 69.8. The number of ether oxygens (including phenoxy) is 2. The second-order valence-corrected chi connectivity index (χ2v) is 25.5. The summed E-state index contributed by atoms with van der Waals surface area (Å²) in [7, 11) is 4.96. The summed E-state index contributed by atoms with van der Waals surface area (Å²) < 4.78 is 17.6. The Labute approximate surface area is 583 Å². The largest absolute Gasteiger partial charge is 0.483 e. The molecule has 510 valence electrons. The van der Waals surface area contributed by atoms with E-state index in [9.17, 15) is 43.5 Å². The minimum Gasteiger partial charge on any atom is -0.483 e. The smallest absolute Gasteiger partial charge is 0.331 e. The molecule has 0 radical (unpaired) electrons. The summed E-state index contributed by atoms with van der Waals surface area (Å²) in [5.41, 5.74) is 6.96. The van der Waals surface area contributed by atoms with Crippen LogP contribution in [0.4, 0.5) is 0 Å². The third kappa shape index (κ3) is 19.4. The van der Waals surface area contributed by atoms with Gasteiger partial charge in [-0.15, -0.1) is 0 Å². The number of halogens is 3. The first-order valence-electron chi connectivity index (χ1n) is 31.5. The first-order valence-corrected chi connectivity index (χ1v) is 32.7. The van der Waals surface area contributed by atoms with Crippen LogP contribution in [0.15, 0.2) is 114 Å². The number of carbonyl (C=O) groups is 3. The Kier molecular flexibility index (Phi) is 30.7. The molecule has 1 atom stereocenters. The molecule has 5 aromatic heterocycles. The van der Waals surface area contributed by atoms with Gasteiger partial charge in [0.25, 0.3) is 36.1 Å². The summed E-state index contributed by atoms with van der Waals surface area (Å²) in [5.74, 6) is 1.10. The number of aliphatic hydroxyl groups excluding tert-OH is 1.